The van der Waals surface area contributed by atoms with E-state index in [2.05, 4.69) is 9.47 Å². The maximum absolute atomic E-state index is 13.3. The number of alkyl halides is 2. The van der Waals surface area contributed by atoms with E-state index in [9.17, 15) is 13.6 Å². The fourth-order valence-electron chi connectivity index (χ4n) is 3.73. The van der Waals surface area contributed by atoms with Crippen LogP contribution in [0, 0.1) is 0 Å². The van der Waals surface area contributed by atoms with E-state index in [1.165, 1.54) is 12.1 Å². The number of fused-ring (bicyclic) bond motifs is 5. The first kappa shape index (κ1) is 13.6. The summed E-state index contributed by atoms with van der Waals surface area (Å²) in [6.45, 7) is 0.113. The lowest BCUT2D eigenvalue weighted by Crippen LogP contribution is -2.40. The summed E-state index contributed by atoms with van der Waals surface area (Å²) >= 11 is 0. The summed E-state index contributed by atoms with van der Waals surface area (Å²) in [5, 5.41) is 0. The lowest BCUT2D eigenvalue weighted by atomic mass is 9.77. The van der Waals surface area contributed by atoms with Crippen LogP contribution in [0.15, 0.2) is 36.4 Å². The number of ether oxygens (including phenoxy) is 3. The van der Waals surface area contributed by atoms with Crippen molar-refractivity contribution in [2.75, 3.05) is 18.6 Å². The van der Waals surface area contributed by atoms with Gasteiger partial charge in [0.25, 0.3) is 0 Å². The van der Waals surface area contributed by atoms with Gasteiger partial charge in [0.05, 0.1) is 0 Å². The molecule has 0 aliphatic carbocycles. The van der Waals surface area contributed by atoms with Gasteiger partial charge in [-0.2, -0.15) is 0 Å². The summed E-state index contributed by atoms with van der Waals surface area (Å²) in [4.78, 5) is 14.6. The number of nitrogens with zero attached hydrogens (tertiary/aromatic N) is 1. The molecule has 0 N–H and O–H groups in total. The molecule has 0 saturated heterocycles. The molecule has 1 spiro atoms. The third kappa shape index (κ3) is 1.45. The maximum atomic E-state index is 13.3. The second-order valence-corrected chi connectivity index (χ2v) is 6.04. The van der Waals surface area contributed by atoms with Gasteiger partial charge in [0, 0.05) is 24.4 Å². The van der Waals surface area contributed by atoms with Crippen LogP contribution in [0.3, 0.4) is 0 Å². The highest BCUT2D eigenvalue weighted by atomic mass is 19.3. The van der Waals surface area contributed by atoms with Gasteiger partial charge in [0.15, 0.2) is 11.5 Å². The molecule has 0 saturated carbocycles. The number of hydrogen-bond acceptors (Lipinski definition) is 4. The molecule has 122 valence electrons. The van der Waals surface area contributed by atoms with E-state index >= 15 is 0 Å². The molecule has 0 fully saturated rings. The summed E-state index contributed by atoms with van der Waals surface area (Å²) < 4.78 is 41.3. The van der Waals surface area contributed by atoms with E-state index in [0.717, 1.165) is 11.3 Å². The third-order valence-corrected chi connectivity index (χ3v) is 4.80. The Kier molecular flexibility index (Phi) is 2.25. The van der Waals surface area contributed by atoms with E-state index in [1.807, 2.05) is 24.3 Å². The molecule has 7 heteroatoms. The number of anilines is 1. The molecule has 2 aromatic rings. The SMILES string of the molecule is CN1C(=O)C2(COc3cc4c(cc32)OC(F)(F)O4)c2ccccc21. The first-order valence-corrected chi connectivity index (χ1v) is 7.37. The van der Waals surface area contributed by atoms with Crippen LogP contribution >= 0.6 is 0 Å². The summed E-state index contributed by atoms with van der Waals surface area (Å²) in [6.07, 6.45) is -3.71. The summed E-state index contributed by atoms with van der Waals surface area (Å²) in [5.74, 6) is 0.00734. The summed E-state index contributed by atoms with van der Waals surface area (Å²) in [6, 6.07) is 10.2. The molecule has 3 aliphatic rings. The standard InChI is InChI=1S/C17H11F2NO4/c1-20-11-5-3-2-4-9(11)16(15(20)21)8-22-12-7-14-13(6-10(12)16)23-17(18,19)24-14/h2-7H,8H2,1H3. The molecule has 1 unspecified atom stereocenters. The van der Waals surface area contributed by atoms with Crippen LogP contribution in [0.1, 0.15) is 11.1 Å². The van der Waals surface area contributed by atoms with Crippen LogP contribution < -0.4 is 19.1 Å². The Morgan fingerprint density at radius 3 is 2.54 bits per heavy atom. The molecule has 0 radical (unpaired) electrons. The van der Waals surface area contributed by atoms with Crippen LogP contribution in [0.2, 0.25) is 0 Å². The first-order valence-electron chi connectivity index (χ1n) is 7.37. The number of likely N-dealkylation sites (N-methyl/N-ethyl adjacent to an activating group) is 1. The van der Waals surface area contributed by atoms with Gasteiger partial charge in [0.2, 0.25) is 5.91 Å². The highest BCUT2D eigenvalue weighted by Gasteiger charge is 2.57. The van der Waals surface area contributed by atoms with Crippen molar-refractivity contribution in [2.24, 2.45) is 0 Å². The zero-order chi connectivity index (χ0) is 16.7. The van der Waals surface area contributed by atoms with Gasteiger partial charge < -0.3 is 19.1 Å². The second-order valence-electron chi connectivity index (χ2n) is 6.04. The van der Waals surface area contributed by atoms with Crippen molar-refractivity contribution in [3.63, 3.8) is 0 Å². The molecule has 5 nitrogen and oxygen atoms in total. The highest BCUT2D eigenvalue weighted by molar-refractivity contribution is 6.11. The van der Waals surface area contributed by atoms with Crippen molar-refractivity contribution in [3.05, 3.63) is 47.5 Å². The molecule has 0 aromatic heterocycles. The number of carbonyl (C=O) groups excluding carboxylic acids is 1. The number of benzene rings is 2. The number of halogens is 2. The molecule has 5 rings (SSSR count). The second kappa shape index (κ2) is 3.98. The van der Waals surface area contributed by atoms with Crippen molar-refractivity contribution < 1.29 is 27.8 Å². The lowest BCUT2D eigenvalue weighted by Gasteiger charge is -2.21. The van der Waals surface area contributed by atoms with Crippen molar-refractivity contribution in [1.29, 1.82) is 0 Å². The van der Waals surface area contributed by atoms with Gasteiger partial charge in [0.1, 0.15) is 17.8 Å². The van der Waals surface area contributed by atoms with Crippen LogP contribution in [-0.4, -0.2) is 25.9 Å². The van der Waals surface area contributed by atoms with Crippen molar-refractivity contribution >= 4 is 11.6 Å². The molecule has 1 atom stereocenters. The molecular formula is C17H11F2NO4. The van der Waals surface area contributed by atoms with Crippen molar-refractivity contribution in [1.82, 2.24) is 0 Å². The highest BCUT2D eigenvalue weighted by Crippen LogP contribution is 2.55. The van der Waals surface area contributed by atoms with Crippen LogP contribution in [-0.2, 0) is 10.2 Å². The Bertz CT molecular complexity index is 913. The number of carbonyl (C=O) groups is 1. The molecule has 3 aliphatic heterocycles. The molecule has 2 aromatic carbocycles. The Labute approximate surface area is 135 Å². The van der Waals surface area contributed by atoms with Gasteiger partial charge in [-0.15, -0.1) is 8.78 Å². The Balaban J connectivity index is 1.74. The third-order valence-electron chi connectivity index (χ3n) is 4.80. The maximum Gasteiger partial charge on any atom is 0.586 e. The van der Waals surface area contributed by atoms with Gasteiger partial charge in [-0.1, -0.05) is 18.2 Å². The lowest BCUT2D eigenvalue weighted by molar-refractivity contribution is -0.286. The zero-order valence-electron chi connectivity index (χ0n) is 12.5. The van der Waals surface area contributed by atoms with E-state index in [4.69, 9.17) is 4.74 Å². The topological polar surface area (TPSA) is 48.0 Å². The quantitative estimate of drug-likeness (QED) is 0.745. The number of rotatable bonds is 0. The fraction of sp³-hybridized carbons (Fsp3) is 0.235. The average molecular weight is 331 g/mol. The van der Waals surface area contributed by atoms with E-state index in [1.54, 1.807) is 11.9 Å². The number of hydrogen-bond donors (Lipinski definition) is 0. The minimum atomic E-state index is -3.71. The van der Waals surface area contributed by atoms with Gasteiger partial charge >= 0.3 is 6.29 Å². The fourth-order valence-corrected chi connectivity index (χ4v) is 3.73. The molecule has 24 heavy (non-hydrogen) atoms. The number of amides is 1. The zero-order valence-corrected chi connectivity index (χ0v) is 12.5. The van der Waals surface area contributed by atoms with Crippen LogP contribution in [0.4, 0.5) is 14.5 Å². The van der Waals surface area contributed by atoms with E-state index in [-0.39, 0.29) is 24.0 Å². The molecule has 0 bridgehead atoms. The monoisotopic (exact) mass is 331 g/mol. The summed E-state index contributed by atoms with van der Waals surface area (Å²) in [5.41, 5.74) is 1.05. The van der Waals surface area contributed by atoms with E-state index < -0.39 is 11.7 Å². The largest absolute Gasteiger partial charge is 0.586 e. The molecule has 3 heterocycles. The van der Waals surface area contributed by atoms with Gasteiger partial charge in [-0.3, -0.25) is 4.79 Å². The Morgan fingerprint density at radius 1 is 1.04 bits per heavy atom. The van der Waals surface area contributed by atoms with Gasteiger partial charge in [-0.25, -0.2) is 0 Å². The van der Waals surface area contributed by atoms with Crippen LogP contribution in [0.5, 0.6) is 17.2 Å². The van der Waals surface area contributed by atoms with E-state index in [0.29, 0.717) is 11.3 Å². The van der Waals surface area contributed by atoms with Crippen molar-refractivity contribution in [2.45, 2.75) is 11.7 Å². The minimum Gasteiger partial charge on any atom is -0.491 e. The average Bonchev–Trinajstić information content (AvgIpc) is 3.13. The molecular weight excluding hydrogens is 320 g/mol. The smallest absolute Gasteiger partial charge is 0.491 e. The normalized spacial score (nSPS) is 25.0. The van der Waals surface area contributed by atoms with Crippen molar-refractivity contribution in [3.8, 4) is 17.2 Å². The Morgan fingerprint density at radius 2 is 1.75 bits per heavy atom. The van der Waals surface area contributed by atoms with Gasteiger partial charge in [-0.05, 0) is 17.7 Å². The minimum absolute atomic E-state index is 0.0940. The molecule has 1 amide bonds. The first-order chi connectivity index (χ1) is 11.4. The Hall–Kier alpha value is -2.83. The number of para-hydroxylation sites is 1. The summed E-state index contributed by atoms with van der Waals surface area (Å²) in [7, 11) is 1.69. The van der Waals surface area contributed by atoms with Crippen LogP contribution in [0.25, 0.3) is 0 Å². The predicted molar refractivity (Wildman–Crippen MR) is 78.8 cm³/mol. The predicted octanol–water partition coefficient (Wildman–Crippen LogP) is 2.66.